The van der Waals surface area contributed by atoms with Gasteiger partial charge in [-0.3, -0.25) is 0 Å². The van der Waals surface area contributed by atoms with Crippen molar-refractivity contribution in [3.8, 4) is 5.75 Å². The van der Waals surface area contributed by atoms with E-state index in [1.807, 2.05) is 18.2 Å². The maximum absolute atomic E-state index is 5.74. The average Bonchev–Trinajstić information content (AvgIpc) is 2.71. The van der Waals surface area contributed by atoms with Crippen LogP contribution in [0.2, 0.25) is 0 Å². The third kappa shape index (κ3) is 1.53. The lowest BCUT2D eigenvalue weighted by Gasteiger charge is -2.18. The van der Waals surface area contributed by atoms with Crippen LogP contribution in [0.25, 0.3) is 0 Å². The van der Waals surface area contributed by atoms with Gasteiger partial charge in [0.15, 0.2) is 0 Å². The molecule has 3 heteroatoms. The van der Waals surface area contributed by atoms with Crippen molar-refractivity contribution in [3.05, 3.63) is 30.4 Å². The molecule has 74 valence electrons. The van der Waals surface area contributed by atoms with Gasteiger partial charge in [-0.2, -0.15) is 0 Å². The van der Waals surface area contributed by atoms with Crippen LogP contribution >= 0.6 is 0 Å². The number of ether oxygens (including phenoxy) is 1. The van der Waals surface area contributed by atoms with Gasteiger partial charge in [0.1, 0.15) is 5.75 Å². The molecular formula is C11H14N2O. The van der Waals surface area contributed by atoms with E-state index >= 15 is 0 Å². The minimum Gasteiger partial charge on any atom is -0.495 e. The van der Waals surface area contributed by atoms with Crippen molar-refractivity contribution in [2.75, 3.05) is 30.8 Å². The van der Waals surface area contributed by atoms with E-state index in [0.717, 1.165) is 24.5 Å². The van der Waals surface area contributed by atoms with Gasteiger partial charge in [0.25, 0.3) is 0 Å². The highest BCUT2D eigenvalue weighted by molar-refractivity contribution is 5.63. The minimum atomic E-state index is 0.684. The molecule has 0 bridgehead atoms. The Bertz CT molecular complexity index is 352. The summed E-state index contributed by atoms with van der Waals surface area (Å²) in [6, 6.07) is 5.87. The molecule has 1 aromatic rings. The largest absolute Gasteiger partial charge is 0.495 e. The van der Waals surface area contributed by atoms with Crippen molar-refractivity contribution < 1.29 is 4.74 Å². The van der Waals surface area contributed by atoms with Gasteiger partial charge in [0.05, 0.1) is 12.8 Å². The fraction of sp³-hybridized carbons (Fsp3) is 0.273. The highest BCUT2D eigenvalue weighted by atomic mass is 16.5. The Hall–Kier alpha value is -1.64. The quantitative estimate of drug-likeness (QED) is 0.569. The number of nitrogen functional groups attached to an aromatic ring is 1. The molecule has 1 heterocycles. The SMILES string of the molecule is COc1cc(N2CC=CC2)ccc1N. The Morgan fingerprint density at radius 3 is 2.64 bits per heavy atom. The number of rotatable bonds is 2. The van der Waals surface area contributed by atoms with E-state index in [9.17, 15) is 0 Å². The van der Waals surface area contributed by atoms with E-state index in [2.05, 4.69) is 17.1 Å². The fourth-order valence-corrected chi connectivity index (χ4v) is 1.59. The van der Waals surface area contributed by atoms with Gasteiger partial charge in [-0.05, 0) is 12.1 Å². The summed E-state index contributed by atoms with van der Waals surface area (Å²) in [6.07, 6.45) is 4.31. The van der Waals surface area contributed by atoms with Crippen molar-refractivity contribution in [1.82, 2.24) is 0 Å². The lowest BCUT2D eigenvalue weighted by Crippen LogP contribution is -2.18. The van der Waals surface area contributed by atoms with E-state index < -0.39 is 0 Å². The van der Waals surface area contributed by atoms with Gasteiger partial charge in [-0.25, -0.2) is 0 Å². The van der Waals surface area contributed by atoms with Crippen LogP contribution in [0.4, 0.5) is 11.4 Å². The number of hydrogen-bond acceptors (Lipinski definition) is 3. The predicted octanol–water partition coefficient (Wildman–Crippen LogP) is 1.65. The fourth-order valence-electron chi connectivity index (χ4n) is 1.59. The minimum absolute atomic E-state index is 0.684. The molecule has 0 aliphatic carbocycles. The maximum Gasteiger partial charge on any atom is 0.143 e. The standard InChI is InChI=1S/C11H14N2O/c1-14-11-8-9(4-5-10(11)12)13-6-2-3-7-13/h2-5,8H,6-7,12H2,1H3. The molecule has 0 atom stereocenters. The van der Waals surface area contributed by atoms with Crippen LogP contribution < -0.4 is 15.4 Å². The van der Waals surface area contributed by atoms with Crippen LogP contribution in [-0.2, 0) is 0 Å². The van der Waals surface area contributed by atoms with Crippen LogP contribution in [0.15, 0.2) is 30.4 Å². The summed E-state index contributed by atoms with van der Waals surface area (Å²) in [4.78, 5) is 2.25. The zero-order valence-corrected chi connectivity index (χ0v) is 8.23. The van der Waals surface area contributed by atoms with Gasteiger partial charge < -0.3 is 15.4 Å². The smallest absolute Gasteiger partial charge is 0.143 e. The number of benzene rings is 1. The topological polar surface area (TPSA) is 38.5 Å². The van der Waals surface area contributed by atoms with Crippen LogP contribution in [-0.4, -0.2) is 20.2 Å². The zero-order valence-electron chi connectivity index (χ0n) is 8.23. The number of methoxy groups -OCH3 is 1. The highest BCUT2D eigenvalue weighted by Crippen LogP contribution is 2.28. The summed E-state index contributed by atoms with van der Waals surface area (Å²) < 4.78 is 5.17. The molecule has 1 aliphatic rings. The highest BCUT2D eigenvalue weighted by Gasteiger charge is 2.09. The Balaban J connectivity index is 2.26. The summed E-state index contributed by atoms with van der Waals surface area (Å²) >= 11 is 0. The molecule has 0 unspecified atom stereocenters. The van der Waals surface area contributed by atoms with Gasteiger partial charge in [-0.1, -0.05) is 12.2 Å². The predicted molar refractivity (Wildman–Crippen MR) is 58.8 cm³/mol. The Morgan fingerprint density at radius 2 is 2.00 bits per heavy atom. The Morgan fingerprint density at radius 1 is 1.29 bits per heavy atom. The first-order valence-corrected chi connectivity index (χ1v) is 4.64. The van der Waals surface area contributed by atoms with Gasteiger partial charge in [-0.15, -0.1) is 0 Å². The number of anilines is 2. The summed E-state index contributed by atoms with van der Waals surface area (Å²) in [6.45, 7) is 1.93. The van der Waals surface area contributed by atoms with Crippen molar-refractivity contribution in [3.63, 3.8) is 0 Å². The summed E-state index contributed by atoms with van der Waals surface area (Å²) in [5.74, 6) is 0.745. The molecule has 0 spiro atoms. The molecule has 2 N–H and O–H groups in total. The Kier molecular flexibility index (Phi) is 2.31. The Labute approximate surface area is 83.8 Å². The molecule has 0 radical (unpaired) electrons. The second-order valence-electron chi connectivity index (χ2n) is 3.30. The van der Waals surface area contributed by atoms with Crippen molar-refractivity contribution >= 4 is 11.4 Å². The first-order valence-electron chi connectivity index (χ1n) is 4.64. The zero-order chi connectivity index (χ0) is 9.97. The van der Waals surface area contributed by atoms with Gasteiger partial charge in [0, 0.05) is 24.8 Å². The molecule has 0 aromatic heterocycles. The van der Waals surface area contributed by atoms with Crippen molar-refractivity contribution in [2.45, 2.75) is 0 Å². The van der Waals surface area contributed by atoms with Crippen molar-refractivity contribution in [2.24, 2.45) is 0 Å². The molecule has 0 fully saturated rings. The first kappa shape index (κ1) is 8.94. The van der Waals surface area contributed by atoms with Crippen LogP contribution in [0.1, 0.15) is 0 Å². The van der Waals surface area contributed by atoms with Crippen LogP contribution in [0.5, 0.6) is 5.75 Å². The molecule has 1 aliphatic heterocycles. The van der Waals surface area contributed by atoms with E-state index in [4.69, 9.17) is 10.5 Å². The number of nitrogens with two attached hydrogens (primary N) is 1. The number of hydrogen-bond donors (Lipinski definition) is 1. The second kappa shape index (κ2) is 3.62. The molecule has 0 saturated heterocycles. The third-order valence-electron chi connectivity index (χ3n) is 2.40. The second-order valence-corrected chi connectivity index (χ2v) is 3.30. The summed E-state index contributed by atoms with van der Waals surface area (Å²) in [5.41, 5.74) is 7.58. The molecule has 3 nitrogen and oxygen atoms in total. The first-order chi connectivity index (χ1) is 6.81. The van der Waals surface area contributed by atoms with E-state index in [1.165, 1.54) is 0 Å². The molecule has 0 saturated carbocycles. The lowest BCUT2D eigenvalue weighted by atomic mass is 10.2. The van der Waals surface area contributed by atoms with E-state index in [1.54, 1.807) is 7.11 Å². The number of nitrogens with zero attached hydrogens (tertiary/aromatic N) is 1. The van der Waals surface area contributed by atoms with E-state index in [0.29, 0.717) is 5.69 Å². The average molecular weight is 190 g/mol. The van der Waals surface area contributed by atoms with Crippen LogP contribution in [0.3, 0.4) is 0 Å². The maximum atomic E-state index is 5.74. The third-order valence-corrected chi connectivity index (χ3v) is 2.40. The van der Waals surface area contributed by atoms with Gasteiger partial charge in [0.2, 0.25) is 0 Å². The lowest BCUT2D eigenvalue weighted by molar-refractivity contribution is 0.417. The monoisotopic (exact) mass is 190 g/mol. The molecule has 2 rings (SSSR count). The summed E-state index contributed by atoms with van der Waals surface area (Å²) in [5, 5.41) is 0. The summed E-state index contributed by atoms with van der Waals surface area (Å²) in [7, 11) is 1.64. The molecule has 1 aromatic carbocycles. The van der Waals surface area contributed by atoms with Crippen molar-refractivity contribution in [1.29, 1.82) is 0 Å². The molecular weight excluding hydrogens is 176 g/mol. The van der Waals surface area contributed by atoms with Crippen LogP contribution in [0, 0.1) is 0 Å². The molecule has 0 amide bonds. The normalized spacial score (nSPS) is 14.8. The molecule has 14 heavy (non-hydrogen) atoms. The van der Waals surface area contributed by atoms with E-state index in [-0.39, 0.29) is 0 Å². The van der Waals surface area contributed by atoms with Gasteiger partial charge >= 0.3 is 0 Å².